The number of hydrogen-bond donors (Lipinski definition) is 1. The number of piperidine rings is 2. The van der Waals surface area contributed by atoms with Crippen LogP contribution in [0.2, 0.25) is 5.02 Å². The Hall–Kier alpha value is -2.85. The van der Waals surface area contributed by atoms with Crippen LogP contribution in [-0.4, -0.2) is 79.1 Å². The van der Waals surface area contributed by atoms with Crippen LogP contribution in [0.3, 0.4) is 0 Å². The van der Waals surface area contributed by atoms with Gasteiger partial charge in [-0.25, -0.2) is 4.98 Å². The molecule has 39 heavy (non-hydrogen) atoms. The zero-order chi connectivity index (χ0) is 28.1. The van der Waals surface area contributed by atoms with E-state index in [2.05, 4.69) is 9.88 Å². The number of anilines is 1. The lowest BCUT2D eigenvalue weighted by atomic mass is 9.83. The monoisotopic (exact) mass is 572 g/mol. The van der Waals surface area contributed by atoms with Gasteiger partial charge in [-0.05, 0) is 74.6 Å². The van der Waals surface area contributed by atoms with E-state index in [0.29, 0.717) is 5.56 Å². The Morgan fingerprint density at radius 2 is 1.62 bits per heavy atom. The molecule has 4 rings (SSSR count). The van der Waals surface area contributed by atoms with E-state index in [4.69, 9.17) is 16.7 Å². The molecule has 7 nitrogen and oxygen atoms in total. The van der Waals surface area contributed by atoms with Crippen LogP contribution >= 0.6 is 11.6 Å². The van der Waals surface area contributed by atoms with Crippen LogP contribution in [0.15, 0.2) is 42.6 Å². The average molecular weight is 573 g/mol. The number of carbonyl (C=O) groups excluding carboxylic acids is 2. The smallest absolute Gasteiger partial charge is 0.342 e. The highest BCUT2D eigenvalue weighted by Crippen LogP contribution is 2.31. The summed E-state index contributed by atoms with van der Waals surface area (Å²) in [6.07, 6.45) is 8.71. The lowest BCUT2D eigenvalue weighted by molar-refractivity contribution is -0.119. The van der Waals surface area contributed by atoms with E-state index in [0.717, 1.165) is 73.7 Å². The quantitative estimate of drug-likeness (QED) is 0.495. The Kier molecular flexibility index (Phi) is 15.5. The third-order valence-electron chi connectivity index (χ3n) is 6.87. The number of alkyl halides is 2. The zero-order valence-corrected chi connectivity index (χ0v) is 23.6. The van der Waals surface area contributed by atoms with Gasteiger partial charge in [-0.1, -0.05) is 29.8 Å². The van der Waals surface area contributed by atoms with Crippen molar-refractivity contribution in [2.75, 3.05) is 45.2 Å². The standard InChI is InChI=1S/C21H32N4O2.C6H5Cl.CH2F2O.FH/c1-16-12-20(22-14-19(16)21(27)23(2)3)25-10-6-18(7-11-25)13-17-4-8-24(15-26)9-5-17;7-6-4-2-1-3-5-6;2-1(3)4;/h12,14-15,17-18H,4-11,13H2,1-3H3;1-5H;1,4H;1H. The fourth-order valence-corrected chi connectivity index (χ4v) is 4.90. The summed E-state index contributed by atoms with van der Waals surface area (Å²) in [6, 6.07) is 11.5. The molecule has 0 spiro atoms. The maximum Gasteiger partial charge on any atom is 0.342 e. The number of nitrogens with zero attached hydrogens (tertiary/aromatic N) is 4. The fourth-order valence-electron chi connectivity index (χ4n) is 4.76. The molecule has 2 fully saturated rings. The summed E-state index contributed by atoms with van der Waals surface area (Å²) in [5.74, 6) is 2.55. The number of aliphatic hydroxyl groups is 1. The highest BCUT2D eigenvalue weighted by atomic mass is 35.5. The molecule has 2 aromatic rings. The van der Waals surface area contributed by atoms with E-state index in [-0.39, 0.29) is 10.6 Å². The molecule has 1 aromatic carbocycles. The van der Waals surface area contributed by atoms with Crippen molar-refractivity contribution < 1.29 is 28.2 Å². The van der Waals surface area contributed by atoms with Gasteiger partial charge in [-0.3, -0.25) is 14.3 Å². The molecule has 2 aliphatic rings. The number of benzene rings is 1. The van der Waals surface area contributed by atoms with Gasteiger partial charge in [0.2, 0.25) is 6.41 Å². The van der Waals surface area contributed by atoms with E-state index in [9.17, 15) is 18.4 Å². The lowest BCUT2D eigenvalue weighted by Crippen LogP contribution is -2.37. The third kappa shape index (κ3) is 12.3. The lowest BCUT2D eigenvalue weighted by Gasteiger charge is -2.36. The summed E-state index contributed by atoms with van der Waals surface area (Å²) < 4.78 is 19.8. The van der Waals surface area contributed by atoms with Crippen LogP contribution in [0.4, 0.5) is 19.3 Å². The van der Waals surface area contributed by atoms with Crippen molar-refractivity contribution >= 4 is 29.7 Å². The first kappa shape index (κ1) is 34.2. The summed E-state index contributed by atoms with van der Waals surface area (Å²) in [7, 11) is 3.53. The Morgan fingerprint density at radius 3 is 2.03 bits per heavy atom. The number of carbonyl (C=O) groups is 2. The molecule has 11 heteroatoms. The summed E-state index contributed by atoms with van der Waals surface area (Å²) in [5.41, 5.74) is 1.67. The van der Waals surface area contributed by atoms with E-state index >= 15 is 0 Å². The molecule has 218 valence electrons. The van der Waals surface area contributed by atoms with Gasteiger partial charge in [-0.2, -0.15) is 8.78 Å². The summed E-state index contributed by atoms with van der Waals surface area (Å²) >= 11 is 5.54. The first-order valence-corrected chi connectivity index (χ1v) is 13.3. The van der Waals surface area contributed by atoms with Crippen molar-refractivity contribution in [1.82, 2.24) is 14.8 Å². The first-order valence-electron chi connectivity index (χ1n) is 12.9. The molecule has 0 radical (unpaired) electrons. The van der Waals surface area contributed by atoms with Gasteiger partial charge in [0.05, 0.1) is 5.56 Å². The van der Waals surface area contributed by atoms with Crippen molar-refractivity contribution in [3.63, 3.8) is 0 Å². The second-order valence-corrected chi connectivity index (χ2v) is 10.3. The Balaban J connectivity index is 0.000000531. The third-order valence-corrected chi connectivity index (χ3v) is 7.12. The topological polar surface area (TPSA) is 77.0 Å². The number of amides is 2. The number of halogens is 4. The molecule has 2 saturated heterocycles. The summed E-state index contributed by atoms with van der Waals surface area (Å²) in [6.45, 7) is 2.74. The number of aryl methyl sites for hydroxylation is 1. The SMILES string of the molecule is Cc1cc(N2CCC(CC3CCN(C=O)CC3)CC2)ncc1C(=O)N(C)C.Clc1ccccc1.F.OC(F)F. The van der Waals surface area contributed by atoms with Crippen molar-refractivity contribution in [3.05, 3.63) is 58.7 Å². The fraction of sp³-hybridized carbons (Fsp3) is 0.536. The van der Waals surface area contributed by atoms with Crippen LogP contribution in [0.1, 0.15) is 48.0 Å². The molecule has 1 aromatic heterocycles. The molecule has 1 N–H and O–H groups in total. The number of pyridine rings is 1. The van der Waals surface area contributed by atoms with Gasteiger partial charge in [0.1, 0.15) is 5.82 Å². The van der Waals surface area contributed by atoms with Crippen LogP contribution in [0.5, 0.6) is 0 Å². The molecule has 2 aliphatic heterocycles. The van der Waals surface area contributed by atoms with Gasteiger partial charge in [-0.15, -0.1) is 0 Å². The summed E-state index contributed by atoms with van der Waals surface area (Å²) in [5, 5.41) is 7.52. The number of likely N-dealkylation sites (tertiary alicyclic amines) is 1. The highest BCUT2D eigenvalue weighted by molar-refractivity contribution is 6.30. The second-order valence-electron chi connectivity index (χ2n) is 9.88. The van der Waals surface area contributed by atoms with Crippen LogP contribution < -0.4 is 4.90 Å². The Morgan fingerprint density at radius 1 is 1.10 bits per heavy atom. The number of rotatable bonds is 5. The summed E-state index contributed by atoms with van der Waals surface area (Å²) in [4.78, 5) is 33.4. The molecule has 3 heterocycles. The van der Waals surface area contributed by atoms with Crippen molar-refractivity contribution in [2.24, 2.45) is 11.8 Å². The van der Waals surface area contributed by atoms with Gasteiger partial charge in [0.15, 0.2) is 0 Å². The minimum absolute atomic E-state index is 0. The highest BCUT2D eigenvalue weighted by Gasteiger charge is 2.26. The van der Waals surface area contributed by atoms with E-state index in [1.807, 2.05) is 48.2 Å². The van der Waals surface area contributed by atoms with Crippen LogP contribution in [-0.2, 0) is 4.79 Å². The average Bonchev–Trinajstić information content (AvgIpc) is 2.89. The molecular weight excluding hydrogens is 533 g/mol. The van der Waals surface area contributed by atoms with Gasteiger partial charge >= 0.3 is 6.61 Å². The number of hydrogen-bond acceptors (Lipinski definition) is 5. The number of aliphatic hydroxyl groups excluding tert-OH is 1. The molecule has 0 aliphatic carbocycles. The maximum absolute atomic E-state index is 12.2. The van der Waals surface area contributed by atoms with Gasteiger partial charge in [0, 0.05) is 51.5 Å². The van der Waals surface area contributed by atoms with Gasteiger partial charge < -0.3 is 19.8 Å². The van der Waals surface area contributed by atoms with Crippen LogP contribution in [0.25, 0.3) is 0 Å². The normalized spacial score (nSPS) is 15.8. The molecular formula is C28H40ClF3N4O3. The van der Waals surface area contributed by atoms with E-state index < -0.39 is 6.61 Å². The van der Waals surface area contributed by atoms with Crippen molar-refractivity contribution in [2.45, 2.75) is 45.6 Å². The van der Waals surface area contributed by atoms with Crippen molar-refractivity contribution in [3.8, 4) is 0 Å². The maximum atomic E-state index is 12.2. The zero-order valence-electron chi connectivity index (χ0n) is 22.8. The largest absolute Gasteiger partial charge is 0.357 e. The predicted molar refractivity (Wildman–Crippen MR) is 149 cm³/mol. The van der Waals surface area contributed by atoms with Crippen LogP contribution in [0, 0.1) is 18.8 Å². The minimum Gasteiger partial charge on any atom is -0.357 e. The molecule has 0 atom stereocenters. The molecule has 0 saturated carbocycles. The second kappa shape index (κ2) is 17.7. The predicted octanol–water partition coefficient (Wildman–Crippen LogP) is 5.26. The Bertz CT molecular complexity index is 983. The Labute approximate surface area is 234 Å². The van der Waals surface area contributed by atoms with Crippen molar-refractivity contribution in [1.29, 1.82) is 0 Å². The van der Waals surface area contributed by atoms with Gasteiger partial charge in [0.25, 0.3) is 5.91 Å². The minimum atomic E-state index is -3.17. The molecule has 2 amide bonds. The van der Waals surface area contributed by atoms with E-state index in [1.54, 1.807) is 25.2 Å². The molecule has 0 bridgehead atoms. The van der Waals surface area contributed by atoms with E-state index in [1.165, 1.54) is 19.3 Å². The molecule has 0 unspecified atom stereocenters. The first-order chi connectivity index (χ1) is 18.1. The number of aromatic nitrogens is 1.